The molecule has 1 aromatic rings. The predicted molar refractivity (Wildman–Crippen MR) is 78.2 cm³/mol. The Bertz CT molecular complexity index is 485. The Kier molecular flexibility index (Phi) is 4.59. The lowest BCUT2D eigenvalue weighted by atomic mass is 10.2. The Balaban J connectivity index is 2.32. The minimum Gasteiger partial charge on any atom is -0.350 e. The average Bonchev–Trinajstić information content (AvgIpc) is 2.61. The van der Waals surface area contributed by atoms with Crippen molar-refractivity contribution in [2.45, 2.75) is 26.7 Å². The molecule has 7 heteroatoms. The summed E-state index contributed by atoms with van der Waals surface area (Å²) in [6.07, 6.45) is 1.61. The van der Waals surface area contributed by atoms with E-state index in [9.17, 15) is 10.1 Å². The van der Waals surface area contributed by atoms with Gasteiger partial charge in [0.2, 0.25) is 5.82 Å². The van der Waals surface area contributed by atoms with Gasteiger partial charge in [-0.05, 0) is 25.9 Å². The Morgan fingerprint density at radius 2 is 2.00 bits per heavy atom. The number of hydrogen-bond donors (Lipinski definition) is 0. The maximum absolute atomic E-state index is 11.4. The summed E-state index contributed by atoms with van der Waals surface area (Å²) < 4.78 is 1.67. The molecule has 0 aliphatic carbocycles. The fourth-order valence-corrected chi connectivity index (χ4v) is 2.84. The lowest BCUT2D eigenvalue weighted by molar-refractivity contribution is -0.384. The highest BCUT2D eigenvalue weighted by atomic mass is 16.6. The summed E-state index contributed by atoms with van der Waals surface area (Å²) >= 11 is 0. The smallest absolute Gasteiger partial charge is 0.334 e. The monoisotopic (exact) mass is 281 g/mol. The second-order valence-electron chi connectivity index (χ2n) is 5.13. The van der Waals surface area contributed by atoms with Gasteiger partial charge in [-0.2, -0.15) is 5.10 Å². The third-order valence-electron chi connectivity index (χ3n) is 3.92. The summed E-state index contributed by atoms with van der Waals surface area (Å²) in [7, 11) is 1.80. The van der Waals surface area contributed by atoms with E-state index in [0.717, 1.165) is 39.1 Å². The van der Waals surface area contributed by atoms with Crippen LogP contribution in [0.1, 0.15) is 26.0 Å². The van der Waals surface area contributed by atoms with Crippen LogP contribution in [0.2, 0.25) is 0 Å². The zero-order valence-corrected chi connectivity index (χ0v) is 12.5. The second kappa shape index (κ2) is 6.21. The number of likely N-dealkylation sites (N-methyl/N-ethyl adjacent to an activating group) is 1. The lowest BCUT2D eigenvalue weighted by Crippen LogP contribution is -2.32. The van der Waals surface area contributed by atoms with Crippen molar-refractivity contribution in [2.24, 2.45) is 7.05 Å². The third kappa shape index (κ3) is 2.77. The van der Waals surface area contributed by atoms with Crippen molar-refractivity contribution in [3.05, 3.63) is 15.8 Å². The summed E-state index contributed by atoms with van der Waals surface area (Å²) in [5.41, 5.74) is 0.754. The average molecular weight is 281 g/mol. The number of rotatable bonds is 4. The number of aryl methyl sites for hydroxylation is 2. The van der Waals surface area contributed by atoms with Crippen LogP contribution in [0.25, 0.3) is 0 Å². The Morgan fingerprint density at radius 1 is 1.25 bits per heavy atom. The normalized spacial score (nSPS) is 17.2. The van der Waals surface area contributed by atoms with E-state index in [1.807, 2.05) is 6.92 Å². The number of nitrogens with zero attached hydrogens (tertiary/aromatic N) is 5. The van der Waals surface area contributed by atoms with Crippen molar-refractivity contribution in [2.75, 3.05) is 37.6 Å². The van der Waals surface area contributed by atoms with Crippen molar-refractivity contribution in [1.82, 2.24) is 14.7 Å². The van der Waals surface area contributed by atoms with E-state index in [1.165, 1.54) is 0 Å². The molecule has 0 bridgehead atoms. The molecule has 0 saturated carbocycles. The van der Waals surface area contributed by atoms with Gasteiger partial charge in [-0.15, -0.1) is 0 Å². The van der Waals surface area contributed by atoms with Crippen LogP contribution >= 0.6 is 0 Å². The summed E-state index contributed by atoms with van der Waals surface area (Å²) in [6, 6.07) is 0. The van der Waals surface area contributed by atoms with Gasteiger partial charge < -0.3 is 9.80 Å². The molecule has 0 radical (unpaired) electrons. The van der Waals surface area contributed by atoms with Crippen molar-refractivity contribution in [1.29, 1.82) is 0 Å². The van der Waals surface area contributed by atoms with Crippen LogP contribution in [0.15, 0.2) is 0 Å². The van der Waals surface area contributed by atoms with Crippen molar-refractivity contribution in [3.8, 4) is 0 Å². The lowest BCUT2D eigenvalue weighted by Gasteiger charge is -2.22. The zero-order chi connectivity index (χ0) is 14.7. The molecule has 112 valence electrons. The molecule has 0 unspecified atom stereocenters. The largest absolute Gasteiger partial charge is 0.350 e. The molecule has 20 heavy (non-hydrogen) atoms. The van der Waals surface area contributed by atoms with E-state index in [4.69, 9.17) is 0 Å². The standard InChI is InChI=1S/C13H23N5O2/c1-4-11-12(18(19)20)13(15(3)14-11)17-8-6-7-16(5-2)9-10-17/h4-10H2,1-3H3. The summed E-state index contributed by atoms with van der Waals surface area (Å²) in [5, 5.41) is 15.7. The van der Waals surface area contributed by atoms with Gasteiger partial charge in [0.05, 0.1) is 4.92 Å². The van der Waals surface area contributed by atoms with Gasteiger partial charge in [-0.3, -0.25) is 10.1 Å². The maximum atomic E-state index is 11.4. The van der Waals surface area contributed by atoms with Gasteiger partial charge in [0, 0.05) is 26.7 Å². The van der Waals surface area contributed by atoms with E-state index in [-0.39, 0.29) is 10.6 Å². The Morgan fingerprint density at radius 3 is 2.60 bits per heavy atom. The van der Waals surface area contributed by atoms with E-state index in [1.54, 1.807) is 11.7 Å². The van der Waals surface area contributed by atoms with Crippen molar-refractivity contribution >= 4 is 11.5 Å². The van der Waals surface area contributed by atoms with Crippen LogP contribution in [0.5, 0.6) is 0 Å². The Labute approximate surface area is 119 Å². The highest BCUT2D eigenvalue weighted by Gasteiger charge is 2.30. The minimum atomic E-state index is -0.288. The van der Waals surface area contributed by atoms with Crippen LogP contribution in [0.4, 0.5) is 11.5 Å². The predicted octanol–water partition coefficient (Wildman–Crippen LogP) is 1.42. The summed E-state index contributed by atoms with van der Waals surface area (Å²) in [4.78, 5) is 15.6. The summed E-state index contributed by atoms with van der Waals surface area (Å²) in [5.74, 6) is 0.657. The number of anilines is 1. The van der Waals surface area contributed by atoms with Gasteiger partial charge in [-0.1, -0.05) is 13.8 Å². The molecule has 1 aliphatic rings. The fourth-order valence-electron chi connectivity index (χ4n) is 2.84. The molecule has 1 aromatic heterocycles. The second-order valence-corrected chi connectivity index (χ2v) is 5.13. The van der Waals surface area contributed by atoms with Gasteiger partial charge in [0.1, 0.15) is 5.69 Å². The Hall–Kier alpha value is -1.63. The molecule has 1 aliphatic heterocycles. The molecule has 0 N–H and O–H groups in total. The molecule has 2 rings (SSSR count). The molecule has 0 amide bonds. The van der Waals surface area contributed by atoms with Crippen LogP contribution in [-0.4, -0.2) is 52.3 Å². The fraction of sp³-hybridized carbons (Fsp3) is 0.769. The quantitative estimate of drug-likeness (QED) is 0.617. The molecular formula is C13H23N5O2. The summed E-state index contributed by atoms with van der Waals surface area (Å²) in [6.45, 7) is 8.75. The molecule has 7 nitrogen and oxygen atoms in total. The number of aromatic nitrogens is 2. The van der Waals surface area contributed by atoms with E-state index in [2.05, 4.69) is 21.8 Å². The van der Waals surface area contributed by atoms with Crippen molar-refractivity contribution < 1.29 is 4.92 Å². The topological polar surface area (TPSA) is 67.4 Å². The molecule has 0 spiro atoms. The molecule has 2 heterocycles. The van der Waals surface area contributed by atoms with E-state index in [0.29, 0.717) is 17.9 Å². The van der Waals surface area contributed by atoms with Crippen LogP contribution in [-0.2, 0) is 13.5 Å². The van der Waals surface area contributed by atoms with E-state index < -0.39 is 0 Å². The van der Waals surface area contributed by atoms with Crippen LogP contribution < -0.4 is 4.90 Å². The molecule has 0 atom stereocenters. The molecule has 1 saturated heterocycles. The van der Waals surface area contributed by atoms with Crippen molar-refractivity contribution in [3.63, 3.8) is 0 Å². The van der Waals surface area contributed by atoms with Crippen LogP contribution in [0, 0.1) is 10.1 Å². The van der Waals surface area contributed by atoms with Gasteiger partial charge in [-0.25, -0.2) is 4.68 Å². The maximum Gasteiger partial charge on any atom is 0.334 e. The number of hydrogen-bond acceptors (Lipinski definition) is 5. The number of nitro groups is 1. The van der Waals surface area contributed by atoms with Gasteiger partial charge in [0.15, 0.2) is 0 Å². The van der Waals surface area contributed by atoms with Gasteiger partial charge >= 0.3 is 5.69 Å². The molecule has 1 fully saturated rings. The van der Waals surface area contributed by atoms with Gasteiger partial charge in [0.25, 0.3) is 0 Å². The first-order valence-electron chi connectivity index (χ1n) is 7.26. The van der Waals surface area contributed by atoms with E-state index >= 15 is 0 Å². The highest BCUT2D eigenvalue weighted by molar-refractivity contribution is 5.61. The third-order valence-corrected chi connectivity index (χ3v) is 3.92. The first kappa shape index (κ1) is 14.8. The molecule has 0 aromatic carbocycles. The minimum absolute atomic E-state index is 0.181. The first-order valence-corrected chi connectivity index (χ1v) is 7.26. The highest BCUT2D eigenvalue weighted by Crippen LogP contribution is 2.32. The first-order chi connectivity index (χ1) is 9.58. The SMILES string of the molecule is CCc1nn(C)c(N2CCCN(CC)CC2)c1[N+](=O)[O-]. The van der Waals surface area contributed by atoms with Crippen LogP contribution in [0.3, 0.4) is 0 Å². The zero-order valence-electron chi connectivity index (χ0n) is 12.5. The molecular weight excluding hydrogens is 258 g/mol.